The van der Waals surface area contributed by atoms with Crippen molar-refractivity contribution in [2.75, 3.05) is 19.0 Å². The molecule has 2 aromatic rings. The maximum absolute atomic E-state index is 12.6. The van der Waals surface area contributed by atoms with Gasteiger partial charge in [0.05, 0.1) is 18.7 Å². The molecule has 0 fully saturated rings. The van der Waals surface area contributed by atoms with Crippen LogP contribution in [0.1, 0.15) is 15.9 Å². The summed E-state index contributed by atoms with van der Waals surface area (Å²) in [6.45, 7) is 0.306. The molecule has 2 aromatic carbocycles. The van der Waals surface area contributed by atoms with Crippen LogP contribution in [0.4, 0.5) is 5.69 Å². The second-order valence-corrected chi connectivity index (χ2v) is 5.59. The van der Waals surface area contributed by atoms with Crippen LogP contribution in [0.2, 0.25) is 0 Å². The van der Waals surface area contributed by atoms with E-state index in [1.807, 2.05) is 24.3 Å². The monoisotopic (exact) mass is 326 g/mol. The molecule has 1 atom stereocenters. The Morgan fingerprint density at radius 2 is 2.04 bits per heavy atom. The first-order chi connectivity index (χ1) is 11.6. The number of nitrogens with two attached hydrogens (primary N) is 1. The minimum Gasteiger partial charge on any atom is -0.495 e. The maximum atomic E-state index is 12.6. The van der Waals surface area contributed by atoms with Crippen LogP contribution in [-0.2, 0) is 11.2 Å². The summed E-state index contributed by atoms with van der Waals surface area (Å²) in [6.07, 6.45) is 0.597. The molecule has 1 aliphatic heterocycles. The van der Waals surface area contributed by atoms with Crippen LogP contribution >= 0.6 is 0 Å². The molecule has 1 aliphatic rings. The standard InChI is InChI=1S/C18H18N2O4/c1-23-16-7-6-12(17(19)21)9-14(16)20-18(22)13-8-11-4-2-3-5-15(11)24-10-13/h2-7,9,13H,8,10H2,1H3,(H2,19,21)(H,20,22)/t13-/m0/s1. The lowest BCUT2D eigenvalue weighted by atomic mass is 9.96. The number of amides is 2. The average molecular weight is 326 g/mol. The van der Waals surface area contributed by atoms with Crippen LogP contribution < -0.4 is 20.5 Å². The van der Waals surface area contributed by atoms with Crippen LogP contribution in [0.25, 0.3) is 0 Å². The maximum Gasteiger partial charge on any atom is 0.248 e. The molecule has 3 rings (SSSR count). The fraction of sp³-hybridized carbons (Fsp3) is 0.222. The largest absolute Gasteiger partial charge is 0.495 e. The fourth-order valence-electron chi connectivity index (χ4n) is 2.69. The molecule has 0 unspecified atom stereocenters. The number of primary amides is 1. The third-order valence-electron chi connectivity index (χ3n) is 3.99. The third-order valence-corrected chi connectivity index (χ3v) is 3.99. The van der Waals surface area contributed by atoms with Gasteiger partial charge in [0.15, 0.2) is 0 Å². The predicted octanol–water partition coefficient (Wildman–Crippen LogP) is 1.98. The molecular formula is C18H18N2O4. The van der Waals surface area contributed by atoms with E-state index in [1.165, 1.54) is 13.2 Å². The molecule has 3 N–H and O–H groups in total. The summed E-state index contributed by atoms with van der Waals surface area (Å²) >= 11 is 0. The van der Waals surface area contributed by atoms with E-state index >= 15 is 0 Å². The summed E-state index contributed by atoms with van der Waals surface area (Å²) in [5.41, 5.74) is 7.01. The number of benzene rings is 2. The fourth-order valence-corrected chi connectivity index (χ4v) is 2.69. The lowest BCUT2D eigenvalue weighted by Gasteiger charge is -2.24. The predicted molar refractivity (Wildman–Crippen MR) is 89.3 cm³/mol. The van der Waals surface area contributed by atoms with E-state index in [4.69, 9.17) is 15.2 Å². The van der Waals surface area contributed by atoms with Gasteiger partial charge in [-0.25, -0.2) is 0 Å². The molecular weight excluding hydrogens is 308 g/mol. The summed E-state index contributed by atoms with van der Waals surface area (Å²) in [6, 6.07) is 12.3. The number of ether oxygens (including phenoxy) is 2. The zero-order chi connectivity index (χ0) is 17.1. The Balaban J connectivity index is 1.78. The number of rotatable bonds is 4. The van der Waals surface area contributed by atoms with Crippen molar-refractivity contribution in [1.29, 1.82) is 0 Å². The lowest BCUT2D eigenvalue weighted by Crippen LogP contribution is -2.32. The number of hydrogen-bond donors (Lipinski definition) is 2. The molecule has 0 spiro atoms. The van der Waals surface area contributed by atoms with Gasteiger partial charge in [0.25, 0.3) is 0 Å². The second kappa shape index (κ2) is 6.62. The molecule has 0 saturated carbocycles. The van der Waals surface area contributed by atoms with Gasteiger partial charge in [0.2, 0.25) is 11.8 Å². The van der Waals surface area contributed by atoms with Crippen LogP contribution in [0.5, 0.6) is 11.5 Å². The van der Waals surface area contributed by atoms with E-state index in [1.54, 1.807) is 12.1 Å². The summed E-state index contributed by atoms with van der Waals surface area (Å²) in [5.74, 6) is 0.203. The van der Waals surface area contributed by atoms with E-state index in [9.17, 15) is 9.59 Å². The van der Waals surface area contributed by atoms with Crippen molar-refractivity contribution >= 4 is 17.5 Å². The van der Waals surface area contributed by atoms with Gasteiger partial charge < -0.3 is 20.5 Å². The van der Waals surface area contributed by atoms with E-state index < -0.39 is 5.91 Å². The van der Waals surface area contributed by atoms with E-state index in [-0.39, 0.29) is 11.8 Å². The SMILES string of the molecule is COc1ccc(C(N)=O)cc1NC(=O)[C@@H]1COc2ccccc2C1. The molecule has 0 radical (unpaired) electrons. The molecule has 0 saturated heterocycles. The molecule has 0 bridgehead atoms. The third kappa shape index (κ3) is 3.17. The van der Waals surface area contributed by atoms with Crippen LogP contribution in [0.3, 0.4) is 0 Å². The zero-order valence-electron chi connectivity index (χ0n) is 13.2. The summed E-state index contributed by atoms with van der Waals surface area (Å²) in [7, 11) is 1.49. The van der Waals surface area contributed by atoms with Crippen LogP contribution in [0.15, 0.2) is 42.5 Å². The van der Waals surface area contributed by atoms with Crippen LogP contribution in [0, 0.1) is 5.92 Å². The van der Waals surface area contributed by atoms with Gasteiger partial charge in [-0.2, -0.15) is 0 Å². The first kappa shape index (κ1) is 15.9. The van der Waals surface area contributed by atoms with Gasteiger partial charge in [0, 0.05) is 5.56 Å². The van der Waals surface area contributed by atoms with Crippen molar-refractivity contribution in [2.45, 2.75) is 6.42 Å². The summed E-state index contributed by atoms with van der Waals surface area (Å²) in [4.78, 5) is 23.9. The van der Waals surface area contributed by atoms with Gasteiger partial charge in [-0.15, -0.1) is 0 Å². The van der Waals surface area contributed by atoms with E-state index in [2.05, 4.69) is 5.32 Å². The Labute approximate surface area is 139 Å². The van der Waals surface area contributed by atoms with Gasteiger partial charge >= 0.3 is 0 Å². The summed E-state index contributed by atoms with van der Waals surface area (Å²) < 4.78 is 10.9. The minimum absolute atomic E-state index is 0.190. The van der Waals surface area contributed by atoms with Gasteiger partial charge in [0.1, 0.15) is 18.1 Å². The average Bonchev–Trinajstić information content (AvgIpc) is 2.61. The first-order valence-electron chi connectivity index (χ1n) is 7.58. The van der Waals surface area contributed by atoms with Gasteiger partial charge in [-0.3, -0.25) is 9.59 Å². The highest BCUT2D eigenvalue weighted by atomic mass is 16.5. The van der Waals surface area contributed by atoms with Crippen LogP contribution in [-0.4, -0.2) is 25.5 Å². The first-order valence-corrected chi connectivity index (χ1v) is 7.58. The number of methoxy groups -OCH3 is 1. The van der Waals surface area contributed by atoms with Crippen molar-refractivity contribution < 1.29 is 19.1 Å². The topological polar surface area (TPSA) is 90.6 Å². The number of hydrogen-bond acceptors (Lipinski definition) is 4. The van der Waals surface area contributed by atoms with Crippen molar-refractivity contribution in [1.82, 2.24) is 0 Å². The van der Waals surface area contributed by atoms with Gasteiger partial charge in [-0.05, 0) is 36.2 Å². The minimum atomic E-state index is -0.567. The second-order valence-electron chi connectivity index (χ2n) is 5.59. The number of anilines is 1. The number of carbonyl (C=O) groups is 2. The normalized spacial score (nSPS) is 15.8. The van der Waals surface area contributed by atoms with Crippen molar-refractivity contribution in [3.8, 4) is 11.5 Å². The molecule has 0 aliphatic carbocycles. The summed E-state index contributed by atoms with van der Waals surface area (Å²) in [5, 5.41) is 2.81. The van der Waals surface area contributed by atoms with Crippen molar-refractivity contribution in [2.24, 2.45) is 11.7 Å². The molecule has 1 heterocycles. The Morgan fingerprint density at radius 1 is 1.25 bits per heavy atom. The molecule has 124 valence electrons. The van der Waals surface area contributed by atoms with Crippen molar-refractivity contribution in [3.05, 3.63) is 53.6 Å². The molecule has 0 aromatic heterocycles. The molecule has 6 heteroatoms. The van der Waals surface area contributed by atoms with Gasteiger partial charge in [-0.1, -0.05) is 18.2 Å². The Morgan fingerprint density at radius 3 is 2.79 bits per heavy atom. The Bertz CT molecular complexity index is 788. The Hall–Kier alpha value is -3.02. The highest BCUT2D eigenvalue weighted by molar-refractivity contribution is 5.98. The lowest BCUT2D eigenvalue weighted by molar-refractivity contribution is -0.121. The quantitative estimate of drug-likeness (QED) is 0.899. The molecule has 6 nitrogen and oxygen atoms in total. The zero-order valence-corrected chi connectivity index (χ0v) is 13.2. The Kier molecular flexibility index (Phi) is 4.37. The number of fused-ring (bicyclic) bond motifs is 1. The van der Waals surface area contributed by atoms with Crippen molar-refractivity contribution in [3.63, 3.8) is 0 Å². The van der Waals surface area contributed by atoms with E-state index in [0.29, 0.717) is 30.0 Å². The number of nitrogens with one attached hydrogen (secondary N) is 1. The highest BCUT2D eigenvalue weighted by Gasteiger charge is 2.26. The number of carbonyl (C=O) groups excluding carboxylic acids is 2. The molecule has 2 amide bonds. The number of para-hydroxylation sites is 1. The highest BCUT2D eigenvalue weighted by Crippen LogP contribution is 2.29. The van der Waals surface area contributed by atoms with E-state index in [0.717, 1.165) is 11.3 Å². The molecule has 24 heavy (non-hydrogen) atoms. The smallest absolute Gasteiger partial charge is 0.248 e.